The maximum atomic E-state index is 12.9. The molecule has 1 aromatic rings. The topological polar surface area (TPSA) is 12.0 Å². The van der Waals surface area contributed by atoms with Gasteiger partial charge in [-0.3, -0.25) is 0 Å². The molecule has 0 spiro atoms. The van der Waals surface area contributed by atoms with E-state index in [1.54, 1.807) is 6.07 Å². The van der Waals surface area contributed by atoms with E-state index in [9.17, 15) is 4.39 Å². The van der Waals surface area contributed by atoms with Gasteiger partial charge < -0.3 is 5.32 Å². The van der Waals surface area contributed by atoms with E-state index in [1.807, 2.05) is 0 Å². The molecule has 94 valence electrons. The smallest absolute Gasteiger partial charge is 0.124 e. The maximum Gasteiger partial charge on any atom is 0.124 e. The highest BCUT2D eigenvalue weighted by Crippen LogP contribution is 2.20. The first-order valence-corrected chi connectivity index (χ1v) is 6.81. The predicted molar refractivity (Wildman–Crippen MR) is 69.7 cm³/mol. The fraction of sp³-hybridized carbons (Fsp3) is 0.571. The Morgan fingerprint density at radius 2 is 1.88 bits per heavy atom. The molecule has 0 aliphatic heterocycles. The molecule has 1 saturated carbocycles. The minimum atomic E-state index is -0.270. The van der Waals surface area contributed by atoms with Gasteiger partial charge in [0.25, 0.3) is 0 Å². The van der Waals surface area contributed by atoms with Gasteiger partial charge in [-0.25, -0.2) is 4.39 Å². The highest BCUT2D eigenvalue weighted by Gasteiger charge is 2.12. The molecule has 1 N–H and O–H groups in total. The van der Waals surface area contributed by atoms with Crippen LogP contribution in [0.25, 0.3) is 0 Å². The van der Waals surface area contributed by atoms with Crippen molar-refractivity contribution in [2.45, 2.75) is 51.1 Å². The molecular formula is C14H19ClFN. The van der Waals surface area contributed by atoms with Gasteiger partial charge in [-0.15, -0.1) is 0 Å². The fourth-order valence-electron chi connectivity index (χ4n) is 2.40. The quantitative estimate of drug-likeness (QED) is 0.795. The molecule has 1 nitrogen and oxygen atoms in total. The SMILES string of the molecule is Fc1ccc(CNC2CCCCCC2)c(Cl)c1. The molecule has 0 saturated heterocycles. The molecule has 1 aromatic carbocycles. The van der Waals surface area contributed by atoms with Crippen molar-refractivity contribution >= 4 is 11.6 Å². The third kappa shape index (κ3) is 3.97. The van der Waals surface area contributed by atoms with Crippen molar-refractivity contribution < 1.29 is 4.39 Å². The van der Waals surface area contributed by atoms with Gasteiger partial charge in [0.1, 0.15) is 5.82 Å². The highest BCUT2D eigenvalue weighted by molar-refractivity contribution is 6.31. The third-order valence-corrected chi connectivity index (χ3v) is 3.80. The van der Waals surface area contributed by atoms with Crippen molar-refractivity contribution in [2.24, 2.45) is 0 Å². The molecule has 0 bridgehead atoms. The number of hydrogen-bond acceptors (Lipinski definition) is 1. The summed E-state index contributed by atoms with van der Waals surface area (Å²) in [5, 5.41) is 4.05. The third-order valence-electron chi connectivity index (χ3n) is 3.45. The Morgan fingerprint density at radius 1 is 1.18 bits per heavy atom. The summed E-state index contributed by atoms with van der Waals surface area (Å²) in [5.41, 5.74) is 0.984. The summed E-state index contributed by atoms with van der Waals surface area (Å²) in [7, 11) is 0. The van der Waals surface area contributed by atoms with E-state index in [4.69, 9.17) is 11.6 Å². The summed E-state index contributed by atoms with van der Waals surface area (Å²) >= 11 is 6.00. The largest absolute Gasteiger partial charge is 0.310 e. The van der Waals surface area contributed by atoms with Gasteiger partial charge in [0.2, 0.25) is 0 Å². The molecule has 3 heteroatoms. The van der Waals surface area contributed by atoms with Crippen molar-refractivity contribution in [3.05, 3.63) is 34.6 Å². The van der Waals surface area contributed by atoms with E-state index in [0.717, 1.165) is 12.1 Å². The van der Waals surface area contributed by atoms with E-state index < -0.39 is 0 Å². The lowest BCUT2D eigenvalue weighted by molar-refractivity contribution is 0.459. The van der Waals surface area contributed by atoms with E-state index in [1.165, 1.54) is 50.7 Å². The normalized spacial score (nSPS) is 18.0. The summed E-state index contributed by atoms with van der Waals surface area (Å²) in [6.07, 6.45) is 7.84. The van der Waals surface area contributed by atoms with Gasteiger partial charge in [-0.2, -0.15) is 0 Å². The van der Waals surface area contributed by atoms with Crippen LogP contribution < -0.4 is 5.32 Å². The van der Waals surface area contributed by atoms with Crippen molar-refractivity contribution in [3.8, 4) is 0 Å². The van der Waals surface area contributed by atoms with E-state index >= 15 is 0 Å². The van der Waals surface area contributed by atoms with Gasteiger partial charge in [0.15, 0.2) is 0 Å². The summed E-state index contributed by atoms with van der Waals surface area (Å²) in [4.78, 5) is 0. The van der Waals surface area contributed by atoms with Crippen LogP contribution >= 0.6 is 11.6 Å². The van der Waals surface area contributed by atoms with Crippen LogP contribution in [0.4, 0.5) is 4.39 Å². The van der Waals surface area contributed by atoms with Gasteiger partial charge >= 0.3 is 0 Å². The second kappa shape index (κ2) is 6.36. The number of hydrogen-bond donors (Lipinski definition) is 1. The Balaban J connectivity index is 1.88. The van der Waals surface area contributed by atoms with Crippen molar-refractivity contribution in [1.82, 2.24) is 5.32 Å². The monoisotopic (exact) mass is 255 g/mol. The fourth-order valence-corrected chi connectivity index (χ4v) is 2.64. The molecule has 0 atom stereocenters. The molecule has 1 aliphatic rings. The van der Waals surface area contributed by atoms with E-state index in [2.05, 4.69) is 5.32 Å². The zero-order valence-electron chi connectivity index (χ0n) is 10.0. The van der Waals surface area contributed by atoms with Crippen LogP contribution in [-0.2, 0) is 6.54 Å². The Morgan fingerprint density at radius 3 is 2.53 bits per heavy atom. The molecular weight excluding hydrogens is 237 g/mol. The number of nitrogens with one attached hydrogen (secondary N) is 1. The lowest BCUT2D eigenvalue weighted by Crippen LogP contribution is -2.27. The molecule has 1 fully saturated rings. The van der Waals surface area contributed by atoms with Crippen molar-refractivity contribution in [2.75, 3.05) is 0 Å². The maximum absolute atomic E-state index is 12.9. The first kappa shape index (κ1) is 12.8. The van der Waals surface area contributed by atoms with Crippen LogP contribution in [-0.4, -0.2) is 6.04 Å². The number of halogens is 2. The van der Waals surface area contributed by atoms with Crippen molar-refractivity contribution in [1.29, 1.82) is 0 Å². The van der Waals surface area contributed by atoms with E-state index in [-0.39, 0.29) is 5.82 Å². The van der Waals surface area contributed by atoms with Gasteiger partial charge in [-0.1, -0.05) is 43.4 Å². The molecule has 0 amide bonds. The Labute approximate surface area is 107 Å². The molecule has 0 unspecified atom stereocenters. The van der Waals surface area contributed by atoms with Crippen LogP contribution in [0.1, 0.15) is 44.1 Å². The average molecular weight is 256 g/mol. The van der Waals surface area contributed by atoms with Gasteiger partial charge in [0.05, 0.1) is 0 Å². The van der Waals surface area contributed by atoms with Gasteiger partial charge in [-0.05, 0) is 30.5 Å². The van der Waals surface area contributed by atoms with Gasteiger partial charge in [0, 0.05) is 17.6 Å². The van der Waals surface area contributed by atoms with Crippen LogP contribution in [0.5, 0.6) is 0 Å². The zero-order chi connectivity index (χ0) is 12.1. The Bertz CT molecular complexity index is 359. The highest BCUT2D eigenvalue weighted by atomic mass is 35.5. The van der Waals surface area contributed by atoms with Crippen LogP contribution in [0.15, 0.2) is 18.2 Å². The molecule has 0 heterocycles. The summed E-state index contributed by atoms with van der Waals surface area (Å²) in [6, 6.07) is 5.21. The lowest BCUT2D eigenvalue weighted by Gasteiger charge is -2.16. The number of rotatable bonds is 3. The standard InChI is InChI=1S/C14H19ClFN/c15-14-9-12(16)8-7-11(14)10-17-13-5-3-1-2-4-6-13/h7-9,13,17H,1-6,10H2. The molecule has 0 aromatic heterocycles. The van der Waals surface area contributed by atoms with Crippen LogP contribution in [0.3, 0.4) is 0 Å². The number of benzene rings is 1. The lowest BCUT2D eigenvalue weighted by atomic mass is 10.1. The summed E-state index contributed by atoms with van der Waals surface area (Å²) in [5.74, 6) is -0.270. The Kier molecular flexibility index (Phi) is 4.81. The van der Waals surface area contributed by atoms with Crippen LogP contribution in [0.2, 0.25) is 5.02 Å². The van der Waals surface area contributed by atoms with Crippen molar-refractivity contribution in [3.63, 3.8) is 0 Å². The van der Waals surface area contributed by atoms with E-state index in [0.29, 0.717) is 11.1 Å². The van der Waals surface area contributed by atoms with Crippen LogP contribution in [0, 0.1) is 5.82 Å². The molecule has 0 radical (unpaired) electrons. The summed E-state index contributed by atoms with van der Waals surface area (Å²) in [6.45, 7) is 0.740. The molecule has 2 rings (SSSR count). The predicted octanol–water partition coefficient (Wildman–Crippen LogP) is 4.29. The minimum Gasteiger partial charge on any atom is -0.310 e. The molecule has 17 heavy (non-hydrogen) atoms. The average Bonchev–Trinajstić information content (AvgIpc) is 2.56. The first-order chi connectivity index (χ1) is 8.25. The zero-order valence-corrected chi connectivity index (χ0v) is 10.8. The summed E-state index contributed by atoms with van der Waals surface area (Å²) < 4.78 is 12.9. The second-order valence-electron chi connectivity index (χ2n) is 4.81. The first-order valence-electron chi connectivity index (χ1n) is 6.43. The molecule has 1 aliphatic carbocycles. The minimum absolute atomic E-state index is 0.270. The Hall–Kier alpha value is -0.600. The second-order valence-corrected chi connectivity index (χ2v) is 5.21.